The van der Waals surface area contributed by atoms with Crippen LogP contribution >= 0.6 is 11.6 Å². The predicted octanol–water partition coefficient (Wildman–Crippen LogP) is 3.83. The summed E-state index contributed by atoms with van der Waals surface area (Å²) in [6.45, 7) is 9.73. The van der Waals surface area contributed by atoms with E-state index in [9.17, 15) is 19.2 Å². The Hall–Kier alpha value is -2.61. The molecule has 0 saturated carbocycles. The van der Waals surface area contributed by atoms with Crippen LogP contribution in [-0.2, 0) is 35.2 Å². The molecule has 0 spiro atoms. The number of alkyl halides is 1. The maximum absolute atomic E-state index is 13.3. The largest absolute Gasteiger partial charge is 0.459 e. The molecular formula is C23H30ClNO7. The van der Waals surface area contributed by atoms with E-state index in [1.54, 1.807) is 65.8 Å². The number of imide groups is 1. The molecule has 1 aromatic carbocycles. The van der Waals surface area contributed by atoms with Gasteiger partial charge in [0.2, 0.25) is 0 Å². The third-order valence-corrected chi connectivity index (χ3v) is 5.04. The smallest absolute Gasteiger partial charge is 0.417 e. The fourth-order valence-electron chi connectivity index (χ4n) is 3.13. The van der Waals surface area contributed by atoms with Crippen molar-refractivity contribution in [2.75, 3.05) is 5.88 Å². The van der Waals surface area contributed by atoms with Crippen molar-refractivity contribution >= 4 is 35.5 Å². The number of rotatable bonds is 5. The number of benzene rings is 1. The van der Waals surface area contributed by atoms with Crippen LogP contribution in [0.2, 0.25) is 0 Å². The molecule has 2 amide bonds. The Bertz CT molecular complexity index is 873. The number of esters is 2. The highest BCUT2D eigenvalue weighted by Gasteiger charge is 2.62. The van der Waals surface area contributed by atoms with Crippen LogP contribution in [0.3, 0.4) is 0 Å². The molecule has 2 rings (SSSR count). The maximum Gasteiger partial charge on any atom is 0.417 e. The first kappa shape index (κ1) is 25.6. The van der Waals surface area contributed by atoms with Gasteiger partial charge in [0.15, 0.2) is 5.41 Å². The predicted molar refractivity (Wildman–Crippen MR) is 117 cm³/mol. The summed E-state index contributed by atoms with van der Waals surface area (Å²) in [4.78, 5) is 52.7. The van der Waals surface area contributed by atoms with Gasteiger partial charge in [0.1, 0.15) is 23.9 Å². The van der Waals surface area contributed by atoms with Crippen molar-refractivity contribution < 1.29 is 33.4 Å². The monoisotopic (exact) mass is 467 g/mol. The van der Waals surface area contributed by atoms with Crippen molar-refractivity contribution in [3.05, 3.63) is 35.9 Å². The van der Waals surface area contributed by atoms with Crippen LogP contribution in [0, 0.1) is 5.41 Å². The number of nitrogens with zero attached hydrogens (tertiary/aromatic N) is 1. The normalized spacial score (nSPS) is 21.3. The highest BCUT2D eigenvalue weighted by atomic mass is 35.5. The summed E-state index contributed by atoms with van der Waals surface area (Å²) in [5, 5.41) is 0. The van der Waals surface area contributed by atoms with Crippen molar-refractivity contribution in [3.63, 3.8) is 0 Å². The van der Waals surface area contributed by atoms with E-state index in [0.29, 0.717) is 4.90 Å². The van der Waals surface area contributed by atoms with Crippen LogP contribution in [-0.4, -0.2) is 52.0 Å². The lowest BCUT2D eigenvalue weighted by atomic mass is 9.86. The molecule has 0 N–H and O–H groups in total. The van der Waals surface area contributed by atoms with Crippen LogP contribution in [0.4, 0.5) is 4.79 Å². The Morgan fingerprint density at radius 3 is 2.09 bits per heavy atom. The van der Waals surface area contributed by atoms with Gasteiger partial charge in [-0.3, -0.25) is 9.59 Å². The Morgan fingerprint density at radius 2 is 1.59 bits per heavy atom. The number of hydrogen-bond donors (Lipinski definition) is 0. The Balaban J connectivity index is 2.36. The molecule has 1 fully saturated rings. The zero-order chi connectivity index (χ0) is 24.3. The second-order valence-electron chi connectivity index (χ2n) is 9.69. The summed E-state index contributed by atoms with van der Waals surface area (Å²) in [5.41, 5.74) is -3.03. The fraction of sp³-hybridized carbons (Fsp3) is 0.565. The van der Waals surface area contributed by atoms with E-state index < -0.39 is 52.5 Å². The lowest BCUT2D eigenvalue weighted by Gasteiger charge is -2.28. The number of amides is 2. The van der Waals surface area contributed by atoms with Crippen LogP contribution in [0.5, 0.6) is 0 Å². The first-order valence-electron chi connectivity index (χ1n) is 10.3. The molecule has 0 aliphatic carbocycles. The third kappa shape index (κ3) is 6.00. The Labute approximate surface area is 193 Å². The Morgan fingerprint density at radius 1 is 1.03 bits per heavy atom. The summed E-state index contributed by atoms with van der Waals surface area (Å²) in [6.07, 6.45) is -1.42. The molecule has 8 nitrogen and oxygen atoms in total. The lowest BCUT2D eigenvalue weighted by Crippen LogP contribution is -2.49. The second-order valence-corrected chi connectivity index (χ2v) is 9.95. The zero-order valence-electron chi connectivity index (χ0n) is 19.3. The van der Waals surface area contributed by atoms with Crippen LogP contribution < -0.4 is 0 Å². The highest BCUT2D eigenvalue weighted by molar-refractivity contribution is 6.25. The van der Waals surface area contributed by atoms with E-state index >= 15 is 0 Å². The first-order valence-corrected chi connectivity index (χ1v) is 10.8. The number of hydrogen-bond acceptors (Lipinski definition) is 7. The first-order chi connectivity index (χ1) is 14.7. The van der Waals surface area contributed by atoms with Crippen LogP contribution in [0.25, 0.3) is 0 Å². The Kier molecular flexibility index (Phi) is 7.60. The van der Waals surface area contributed by atoms with Gasteiger partial charge in [0.05, 0.1) is 0 Å². The van der Waals surface area contributed by atoms with Crippen LogP contribution in [0.15, 0.2) is 30.3 Å². The van der Waals surface area contributed by atoms with E-state index in [2.05, 4.69) is 0 Å². The molecule has 0 bridgehead atoms. The topological polar surface area (TPSA) is 99.2 Å². The molecule has 176 valence electrons. The van der Waals surface area contributed by atoms with Crippen molar-refractivity contribution in [2.45, 2.75) is 71.8 Å². The van der Waals surface area contributed by atoms with Gasteiger partial charge in [-0.2, -0.15) is 0 Å². The maximum atomic E-state index is 13.3. The van der Waals surface area contributed by atoms with Gasteiger partial charge >= 0.3 is 18.0 Å². The van der Waals surface area contributed by atoms with E-state index in [-0.39, 0.29) is 13.0 Å². The average Bonchev–Trinajstić information content (AvgIpc) is 2.98. The molecule has 1 aliphatic rings. The minimum atomic E-state index is -1.91. The molecule has 1 aromatic rings. The van der Waals surface area contributed by atoms with Crippen molar-refractivity contribution in [3.8, 4) is 0 Å². The number of halogens is 1. The van der Waals surface area contributed by atoms with Crippen LogP contribution in [0.1, 0.15) is 53.5 Å². The van der Waals surface area contributed by atoms with E-state index in [1.807, 2.05) is 6.07 Å². The van der Waals surface area contributed by atoms with Gasteiger partial charge in [0.25, 0.3) is 5.91 Å². The summed E-state index contributed by atoms with van der Waals surface area (Å²) in [6, 6.07) is 7.55. The van der Waals surface area contributed by atoms with Crippen molar-refractivity contribution in [1.82, 2.24) is 4.90 Å². The van der Waals surface area contributed by atoms with Gasteiger partial charge in [-0.1, -0.05) is 30.3 Å². The van der Waals surface area contributed by atoms with Gasteiger partial charge in [-0.15, -0.1) is 11.6 Å². The average molecular weight is 468 g/mol. The standard InChI is InChI=1S/C23H30ClNO7/c1-21(2,3)31-19(28)23(14-24)12-16(17(26)30-13-15-10-8-7-9-11-15)25(18(23)27)20(29)32-22(4,5)6/h7-11,16H,12-14H2,1-6H3/t16-,23?/m0/s1. The lowest BCUT2D eigenvalue weighted by molar-refractivity contribution is -0.169. The molecule has 1 unspecified atom stereocenters. The van der Waals surface area contributed by atoms with E-state index in [4.69, 9.17) is 25.8 Å². The zero-order valence-corrected chi connectivity index (χ0v) is 20.0. The van der Waals surface area contributed by atoms with Gasteiger partial charge < -0.3 is 14.2 Å². The SMILES string of the molecule is CC(C)(C)OC(=O)N1C(=O)C(CCl)(C(=O)OC(C)(C)C)C[C@H]1C(=O)OCc1ccccc1. The second kappa shape index (κ2) is 9.48. The van der Waals surface area contributed by atoms with Gasteiger partial charge in [-0.05, 0) is 47.1 Å². The third-order valence-electron chi connectivity index (χ3n) is 4.59. The molecule has 9 heteroatoms. The summed E-state index contributed by atoms with van der Waals surface area (Å²) in [5.74, 6) is -3.17. The van der Waals surface area contributed by atoms with E-state index in [1.165, 1.54) is 0 Å². The minimum absolute atomic E-state index is 0.0627. The molecule has 0 aromatic heterocycles. The quantitative estimate of drug-likeness (QED) is 0.281. The van der Waals surface area contributed by atoms with Gasteiger partial charge in [0, 0.05) is 12.3 Å². The molecule has 0 radical (unpaired) electrons. The molecular weight excluding hydrogens is 438 g/mol. The molecule has 32 heavy (non-hydrogen) atoms. The van der Waals surface area contributed by atoms with Gasteiger partial charge in [-0.25, -0.2) is 14.5 Å². The summed E-state index contributed by atoms with van der Waals surface area (Å²) >= 11 is 6.08. The molecule has 2 atom stereocenters. The highest BCUT2D eigenvalue weighted by Crippen LogP contribution is 2.41. The van der Waals surface area contributed by atoms with Crippen molar-refractivity contribution in [2.24, 2.45) is 5.41 Å². The summed E-state index contributed by atoms with van der Waals surface area (Å²) in [7, 11) is 0. The summed E-state index contributed by atoms with van der Waals surface area (Å²) < 4.78 is 16.1. The molecule has 1 aliphatic heterocycles. The fourth-order valence-corrected chi connectivity index (χ4v) is 3.46. The molecule has 1 saturated heterocycles. The van der Waals surface area contributed by atoms with E-state index in [0.717, 1.165) is 5.56 Å². The number of carbonyl (C=O) groups is 4. The molecule has 1 heterocycles. The number of likely N-dealkylation sites (tertiary alicyclic amines) is 1. The van der Waals surface area contributed by atoms with Crippen molar-refractivity contribution in [1.29, 1.82) is 0 Å². The minimum Gasteiger partial charge on any atom is -0.459 e. The number of carbonyl (C=O) groups excluding carboxylic acids is 4. The number of ether oxygens (including phenoxy) is 3.